The van der Waals surface area contributed by atoms with Gasteiger partial charge in [0.05, 0.1) is 18.0 Å². The first-order chi connectivity index (χ1) is 17.4. The van der Waals surface area contributed by atoms with Crippen LogP contribution in [0.2, 0.25) is 0 Å². The van der Waals surface area contributed by atoms with E-state index < -0.39 is 51.5 Å². The summed E-state index contributed by atoms with van der Waals surface area (Å²) in [5.41, 5.74) is -5.55. The number of rotatable bonds is 9. The summed E-state index contributed by atoms with van der Waals surface area (Å²) in [6.45, 7) is 2.93. The monoisotopic (exact) mass is 515 g/mol. The van der Waals surface area contributed by atoms with Crippen molar-refractivity contribution in [2.45, 2.75) is 56.6 Å². The number of benzene rings is 2. The maximum atomic E-state index is 16.3. The smallest absolute Gasteiger partial charge is 0.287 e. The molecule has 3 saturated carbocycles. The van der Waals surface area contributed by atoms with Gasteiger partial charge in [0.15, 0.2) is 5.60 Å². The summed E-state index contributed by atoms with van der Waals surface area (Å²) >= 11 is 0. The lowest BCUT2D eigenvalue weighted by molar-refractivity contribution is -0.347. The summed E-state index contributed by atoms with van der Waals surface area (Å²) in [4.78, 5) is 0. The minimum Gasteiger partial charge on any atom is -0.492 e. The van der Waals surface area contributed by atoms with Crippen LogP contribution in [0.1, 0.15) is 44.2 Å². The summed E-state index contributed by atoms with van der Waals surface area (Å²) in [5, 5.41) is 31.0. The molecule has 7 nitrogen and oxygen atoms in total. The van der Waals surface area contributed by atoms with E-state index in [1.54, 1.807) is 26.0 Å². The van der Waals surface area contributed by atoms with E-state index in [0.29, 0.717) is 11.8 Å². The molecule has 194 valence electrons. The largest absolute Gasteiger partial charge is 0.492 e. The Labute approximate surface area is 210 Å². The third-order valence-electron chi connectivity index (χ3n) is 7.74. The summed E-state index contributed by atoms with van der Waals surface area (Å²) in [5.74, 6) is -5.42. The fourth-order valence-electron chi connectivity index (χ4n) is 5.73. The molecule has 1 heterocycles. The molecule has 2 aromatic carbocycles. The average Bonchev–Trinajstić information content (AvgIpc) is 3.29. The summed E-state index contributed by atoms with van der Waals surface area (Å²) in [6, 6.07) is 11.5. The van der Waals surface area contributed by atoms with Crippen molar-refractivity contribution in [1.82, 2.24) is 20.2 Å². The molecule has 37 heavy (non-hydrogen) atoms. The Kier molecular flexibility index (Phi) is 5.60. The van der Waals surface area contributed by atoms with Gasteiger partial charge in [-0.2, -0.15) is 5.26 Å². The van der Waals surface area contributed by atoms with Crippen molar-refractivity contribution in [3.63, 3.8) is 0 Å². The molecule has 3 aliphatic rings. The molecule has 11 heteroatoms. The topological polar surface area (TPSA) is 96.8 Å². The highest BCUT2D eigenvalue weighted by Gasteiger charge is 2.82. The normalized spacial score (nSPS) is 24.4. The lowest BCUT2D eigenvalue weighted by Crippen LogP contribution is -2.76. The quantitative estimate of drug-likeness (QED) is 0.421. The number of aliphatic hydroxyl groups is 1. The Morgan fingerprint density at radius 3 is 2.35 bits per heavy atom. The van der Waals surface area contributed by atoms with Gasteiger partial charge in [-0.15, -0.1) is 5.10 Å². The van der Waals surface area contributed by atoms with Crippen LogP contribution in [-0.2, 0) is 17.6 Å². The lowest BCUT2D eigenvalue weighted by Gasteiger charge is -2.74. The van der Waals surface area contributed by atoms with E-state index in [-0.39, 0.29) is 25.9 Å². The predicted octanol–water partition coefficient (Wildman–Crippen LogP) is 4.52. The average molecular weight is 516 g/mol. The number of hydrogen-bond acceptors (Lipinski definition) is 6. The van der Waals surface area contributed by atoms with Crippen LogP contribution in [0.3, 0.4) is 0 Å². The van der Waals surface area contributed by atoms with Crippen molar-refractivity contribution in [3.8, 4) is 11.8 Å². The van der Waals surface area contributed by atoms with Crippen molar-refractivity contribution in [2.75, 3.05) is 6.61 Å². The zero-order chi connectivity index (χ0) is 26.7. The summed E-state index contributed by atoms with van der Waals surface area (Å²) in [6.07, 6.45) is 1.33. The second-order valence-electron chi connectivity index (χ2n) is 11.0. The van der Waals surface area contributed by atoms with Crippen LogP contribution in [0.15, 0.2) is 48.8 Å². The fourth-order valence-corrected chi connectivity index (χ4v) is 5.73. The minimum atomic E-state index is -3.78. The van der Waals surface area contributed by atoms with Gasteiger partial charge in [-0.1, -0.05) is 12.1 Å². The number of alkyl halides is 2. The van der Waals surface area contributed by atoms with E-state index in [0.717, 1.165) is 28.7 Å². The van der Waals surface area contributed by atoms with E-state index in [2.05, 4.69) is 21.6 Å². The molecule has 0 unspecified atom stereocenters. The van der Waals surface area contributed by atoms with E-state index in [4.69, 9.17) is 10.00 Å². The Hall–Kier alpha value is -3.52. The Bertz CT molecular complexity index is 1330. The van der Waals surface area contributed by atoms with Crippen LogP contribution >= 0.6 is 0 Å². The van der Waals surface area contributed by atoms with Gasteiger partial charge < -0.3 is 9.84 Å². The molecule has 3 aliphatic carbocycles. The van der Waals surface area contributed by atoms with E-state index in [1.165, 1.54) is 0 Å². The van der Waals surface area contributed by atoms with Gasteiger partial charge in [-0.25, -0.2) is 22.2 Å². The third-order valence-corrected chi connectivity index (χ3v) is 7.74. The SMILES string of the molecule is CC(C)(C#N)COc1ccc(C23CC(C(F)(F)[C@](O)(Cn4cnnn4)c4ccc(F)cc4F)(C2)C3)cc1. The summed E-state index contributed by atoms with van der Waals surface area (Å²) in [7, 11) is 0. The van der Waals surface area contributed by atoms with Gasteiger partial charge in [0.1, 0.15) is 30.3 Å². The van der Waals surface area contributed by atoms with Crippen LogP contribution in [0.25, 0.3) is 0 Å². The second kappa shape index (κ2) is 8.25. The minimum absolute atomic E-state index is 0.0927. The number of tetrazole rings is 1. The maximum absolute atomic E-state index is 16.3. The van der Waals surface area contributed by atoms with Gasteiger partial charge in [0, 0.05) is 17.0 Å². The van der Waals surface area contributed by atoms with Crippen LogP contribution in [0.4, 0.5) is 17.6 Å². The van der Waals surface area contributed by atoms with Gasteiger partial charge in [0.2, 0.25) is 0 Å². The molecular formula is C26H25F4N5O2. The van der Waals surface area contributed by atoms with Crippen molar-refractivity contribution < 1.29 is 27.4 Å². The van der Waals surface area contributed by atoms with Crippen LogP contribution < -0.4 is 4.74 Å². The number of nitriles is 1. The van der Waals surface area contributed by atoms with Gasteiger partial charge in [0.25, 0.3) is 5.92 Å². The standard InChI is InChI=1S/C26H25F4N5O2/c1-22(2,13-31)15-37-19-6-3-17(4-7-19)23-10-24(11-23,12-23)26(29,30)25(36,14-35-16-32-33-34-35)20-8-5-18(27)9-21(20)28/h3-9,16,36H,10-12,14-15H2,1-2H3/t23?,24?,25-/m0/s1. The number of nitrogens with zero attached hydrogens (tertiary/aromatic N) is 5. The number of ether oxygens (including phenoxy) is 1. The molecule has 3 fully saturated rings. The first kappa shape index (κ1) is 25.1. The highest BCUT2D eigenvalue weighted by molar-refractivity contribution is 5.44. The molecule has 2 bridgehead atoms. The van der Waals surface area contributed by atoms with Gasteiger partial charge in [-0.3, -0.25) is 0 Å². The third kappa shape index (κ3) is 3.85. The highest BCUT2D eigenvalue weighted by atomic mass is 19.3. The molecule has 0 spiro atoms. The van der Waals surface area contributed by atoms with Gasteiger partial charge >= 0.3 is 0 Å². The molecule has 0 radical (unpaired) electrons. The number of hydrogen-bond donors (Lipinski definition) is 1. The molecule has 3 aromatic rings. The Morgan fingerprint density at radius 1 is 1.11 bits per heavy atom. The van der Waals surface area contributed by atoms with Crippen LogP contribution in [0, 0.1) is 33.8 Å². The number of halogens is 4. The summed E-state index contributed by atoms with van der Waals surface area (Å²) < 4.78 is 67.4. The van der Waals surface area contributed by atoms with Crippen molar-refractivity contribution in [2.24, 2.45) is 10.8 Å². The van der Waals surface area contributed by atoms with E-state index in [9.17, 15) is 13.9 Å². The molecule has 1 N–H and O–H groups in total. The van der Waals surface area contributed by atoms with Crippen molar-refractivity contribution in [1.29, 1.82) is 5.26 Å². The fraction of sp³-hybridized carbons (Fsp3) is 0.462. The lowest BCUT2D eigenvalue weighted by atomic mass is 9.30. The van der Waals surface area contributed by atoms with E-state index >= 15 is 8.78 Å². The molecule has 0 saturated heterocycles. The predicted molar refractivity (Wildman–Crippen MR) is 122 cm³/mol. The molecule has 1 atom stereocenters. The van der Waals surface area contributed by atoms with Gasteiger partial charge in [-0.05, 0) is 78.8 Å². The van der Waals surface area contributed by atoms with Crippen molar-refractivity contribution >= 4 is 0 Å². The molecule has 6 rings (SSSR count). The first-order valence-corrected chi connectivity index (χ1v) is 11.8. The Balaban J connectivity index is 1.38. The Morgan fingerprint density at radius 2 is 1.78 bits per heavy atom. The van der Waals surface area contributed by atoms with Crippen LogP contribution in [-0.4, -0.2) is 37.8 Å². The molecular weight excluding hydrogens is 490 g/mol. The second-order valence-corrected chi connectivity index (χ2v) is 11.0. The zero-order valence-electron chi connectivity index (χ0n) is 20.3. The van der Waals surface area contributed by atoms with Crippen LogP contribution in [0.5, 0.6) is 5.75 Å². The zero-order valence-corrected chi connectivity index (χ0v) is 20.3. The van der Waals surface area contributed by atoms with E-state index in [1.807, 2.05) is 12.1 Å². The molecule has 1 aromatic heterocycles. The number of aromatic nitrogens is 4. The maximum Gasteiger partial charge on any atom is 0.287 e. The van der Waals surface area contributed by atoms with Crippen molar-refractivity contribution in [3.05, 3.63) is 71.6 Å². The molecule has 0 aliphatic heterocycles. The highest BCUT2D eigenvalue weighted by Crippen LogP contribution is 2.80. The first-order valence-electron chi connectivity index (χ1n) is 11.8. The molecule has 0 amide bonds.